The number of nitrogens with one attached hydrogen (secondary N) is 1. The van der Waals surface area contributed by atoms with Gasteiger partial charge < -0.3 is 5.32 Å². The van der Waals surface area contributed by atoms with Crippen molar-refractivity contribution in [3.63, 3.8) is 0 Å². The monoisotopic (exact) mass is 207 g/mol. The molecule has 3 heteroatoms. The Morgan fingerprint density at radius 2 is 2.27 bits per heavy atom. The molecule has 80 valence electrons. The lowest BCUT2D eigenvalue weighted by Gasteiger charge is -2.07. The van der Waals surface area contributed by atoms with Crippen LogP contribution in [0.15, 0.2) is 18.7 Å². The zero-order chi connectivity index (χ0) is 11.4. The van der Waals surface area contributed by atoms with Crippen LogP contribution in [0.25, 0.3) is 6.08 Å². The summed E-state index contributed by atoms with van der Waals surface area (Å²) in [5.74, 6) is -0.665. The Kier molecular flexibility index (Phi) is 3.61. The second-order valence-electron chi connectivity index (χ2n) is 3.25. The quantitative estimate of drug-likeness (QED) is 0.810. The first-order valence-corrected chi connectivity index (χ1v) is 4.81. The van der Waals surface area contributed by atoms with Crippen LogP contribution in [0.3, 0.4) is 0 Å². The molecule has 1 rings (SSSR count). The van der Waals surface area contributed by atoms with E-state index in [0.717, 1.165) is 5.56 Å². The van der Waals surface area contributed by atoms with E-state index in [1.165, 1.54) is 12.1 Å². The molecule has 0 aliphatic carbocycles. The number of carbonyl (C=O) groups is 1. The van der Waals surface area contributed by atoms with E-state index in [-0.39, 0.29) is 5.91 Å². The van der Waals surface area contributed by atoms with E-state index in [1.54, 1.807) is 13.0 Å². The summed E-state index contributed by atoms with van der Waals surface area (Å²) in [5.41, 5.74) is 1.54. The minimum Gasteiger partial charge on any atom is -0.352 e. The van der Waals surface area contributed by atoms with Gasteiger partial charge in [0.15, 0.2) is 0 Å². The van der Waals surface area contributed by atoms with Gasteiger partial charge in [-0.2, -0.15) is 0 Å². The number of benzene rings is 1. The predicted molar refractivity (Wildman–Crippen MR) is 59.2 cm³/mol. The molecule has 15 heavy (non-hydrogen) atoms. The Labute approximate surface area is 88.8 Å². The summed E-state index contributed by atoms with van der Waals surface area (Å²) in [5, 5.41) is 2.64. The zero-order valence-electron chi connectivity index (χ0n) is 8.93. The number of hydrogen-bond donors (Lipinski definition) is 1. The van der Waals surface area contributed by atoms with E-state index >= 15 is 0 Å². The number of rotatable bonds is 3. The Morgan fingerprint density at radius 1 is 1.60 bits per heavy atom. The SMILES string of the molecule is C=Cc1cc(C)c(C(=O)NCC)cc1F. The summed E-state index contributed by atoms with van der Waals surface area (Å²) in [4.78, 5) is 11.5. The van der Waals surface area contributed by atoms with Gasteiger partial charge >= 0.3 is 0 Å². The van der Waals surface area contributed by atoms with Crippen molar-refractivity contribution in [1.29, 1.82) is 0 Å². The van der Waals surface area contributed by atoms with E-state index in [2.05, 4.69) is 11.9 Å². The topological polar surface area (TPSA) is 29.1 Å². The molecule has 0 bridgehead atoms. The van der Waals surface area contributed by atoms with E-state index in [9.17, 15) is 9.18 Å². The van der Waals surface area contributed by atoms with Crippen LogP contribution in [-0.4, -0.2) is 12.5 Å². The maximum atomic E-state index is 13.4. The fourth-order valence-corrected chi connectivity index (χ4v) is 1.36. The van der Waals surface area contributed by atoms with Gasteiger partial charge in [0.1, 0.15) is 5.82 Å². The van der Waals surface area contributed by atoms with Crippen molar-refractivity contribution in [2.45, 2.75) is 13.8 Å². The lowest BCUT2D eigenvalue weighted by molar-refractivity contribution is 0.0955. The number of aryl methyl sites for hydroxylation is 1. The molecule has 1 aromatic rings. The van der Waals surface area contributed by atoms with Crippen molar-refractivity contribution in [3.8, 4) is 0 Å². The van der Waals surface area contributed by atoms with Gasteiger partial charge in [-0.05, 0) is 31.5 Å². The molecule has 1 aromatic carbocycles. The molecule has 0 radical (unpaired) electrons. The standard InChI is InChI=1S/C12H14FNO/c1-4-9-6-8(3)10(7-11(9)13)12(15)14-5-2/h4,6-7H,1,5H2,2-3H3,(H,14,15). The van der Waals surface area contributed by atoms with E-state index in [4.69, 9.17) is 0 Å². The molecular weight excluding hydrogens is 193 g/mol. The van der Waals surface area contributed by atoms with Gasteiger partial charge in [0, 0.05) is 17.7 Å². The summed E-state index contributed by atoms with van der Waals surface area (Å²) in [6.07, 6.45) is 1.43. The highest BCUT2D eigenvalue weighted by Crippen LogP contribution is 2.16. The van der Waals surface area contributed by atoms with Crippen molar-refractivity contribution in [2.24, 2.45) is 0 Å². The Bertz CT molecular complexity index is 399. The van der Waals surface area contributed by atoms with Gasteiger partial charge in [-0.1, -0.05) is 12.7 Å². The minimum atomic E-state index is -0.420. The second-order valence-corrected chi connectivity index (χ2v) is 3.25. The maximum absolute atomic E-state index is 13.4. The third-order valence-electron chi connectivity index (χ3n) is 2.15. The van der Waals surface area contributed by atoms with Crippen LogP contribution in [0.1, 0.15) is 28.4 Å². The molecule has 0 fully saturated rings. The zero-order valence-corrected chi connectivity index (χ0v) is 8.93. The molecule has 2 nitrogen and oxygen atoms in total. The molecule has 1 amide bonds. The smallest absolute Gasteiger partial charge is 0.251 e. The van der Waals surface area contributed by atoms with Gasteiger partial charge in [-0.15, -0.1) is 0 Å². The van der Waals surface area contributed by atoms with Crippen LogP contribution in [0, 0.1) is 12.7 Å². The van der Waals surface area contributed by atoms with Crippen LogP contribution >= 0.6 is 0 Å². The molecule has 1 N–H and O–H groups in total. The molecule has 0 atom stereocenters. The van der Waals surface area contributed by atoms with Gasteiger partial charge in [0.25, 0.3) is 5.91 Å². The van der Waals surface area contributed by atoms with Crippen molar-refractivity contribution in [1.82, 2.24) is 5.32 Å². The van der Waals surface area contributed by atoms with Gasteiger partial charge in [0.05, 0.1) is 0 Å². The van der Waals surface area contributed by atoms with Gasteiger partial charge in [-0.3, -0.25) is 4.79 Å². The van der Waals surface area contributed by atoms with E-state index < -0.39 is 5.82 Å². The molecule has 0 unspecified atom stereocenters. The third-order valence-corrected chi connectivity index (χ3v) is 2.15. The van der Waals surface area contributed by atoms with Crippen molar-refractivity contribution in [3.05, 3.63) is 41.2 Å². The minimum absolute atomic E-state index is 0.246. The highest BCUT2D eigenvalue weighted by atomic mass is 19.1. The Balaban J connectivity index is 3.15. The number of hydrogen-bond acceptors (Lipinski definition) is 1. The third kappa shape index (κ3) is 2.43. The molecule has 0 saturated heterocycles. The molecule has 0 aliphatic heterocycles. The summed E-state index contributed by atoms with van der Waals surface area (Å²) in [7, 11) is 0. The predicted octanol–water partition coefficient (Wildman–Crippen LogP) is 2.53. The lowest BCUT2D eigenvalue weighted by atomic mass is 10.0. The molecular formula is C12H14FNO. The van der Waals surface area contributed by atoms with Crippen LogP contribution in [-0.2, 0) is 0 Å². The summed E-state index contributed by atoms with van der Waals surface area (Å²) in [6, 6.07) is 2.87. The number of carbonyl (C=O) groups excluding carboxylic acids is 1. The first kappa shape index (κ1) is 11.4. The number of amides is 1. The Hall–Kier alpha value is -1.64. The summed E-state index contributed by atoms with van der Waals surface area (Å²) >= 11 is 0. The average molecular weight is 207 g/mol. The maximum Gasteiger partial charge on any atom is 0.251 e. The largest absolute Gasteiger partial charge is 0.352 e. The average Bonchev–Trinajstić information content (AvgIpc) is 2.21. The van der Waals surface area contributed by atoms with E-state index in [0.29, 0.717) is 17.7 Å². The fraction of sp³-hybridized carbons (Fsp3) is 0.250. The fourth-order valence-electron chi connectivity index (χ4n) is 1.36. The van der Waals surface area contributed by atoms with Crippen LogP contribution in [0.5, 0.6) is 0 Å². The second kappa shape index (κ2) is 4.73. The van der Waals surface area contributed by atoms with Crippen molar-refractivity contribution < 1.29 is 9.18 Å². The molecule has 0 saturated carbocycles. The number of halogens is 1. The van der Waals surface area contributed by atoms with Crippen molar-refractivity contribution >= 4 is 12.0 Å². The van der Waals surface area contributed by atoms with E-state index in [1.807, 2.05) is 6.92 Å². The lowest BCUT2D eigenvalue weighted by Crippen LogP contribution is -2.23. The van der Waals surface area contributed by atoms with Crippen LogP contribution in [0.2, 0.25) is 0 Å². The highest BCUT2D eigenvalue weighted by molar-refractivity contribution is 5.95. The molecule has 0 heterocycles. The summed E-state index contributed by atoms with van der Waals surface area (Å²) < 4.78 is 13.4. The molecule has 0 aromatic heterocycles. The van der Waals surface area contributed by atoms with Crippen LogP contribution < -0.4 is 5.32 Å². The summed E-state index contributed by atoms with van der Waals surface area (Å²) in [6.45, 7) is 7.63. The normalized spacial score (nSPS) is 9.80. The molecule has 0 spiro atoms. The molecule has 0 aliphatic rings. The highest BCUT2D eigenvalue weighted by Gasteiger charge is 2.11. The first-order chi connectivity index (χ1) is 7.10. The first-order valence-electron chi connectivity index (χ1n) is 4.81. The van der Waals surface area contributed by atoms with Crippen LogP contribution in [0.4, 0.5) is 4.39 Å². The van der Waals surface area contributed by atoms with Gasteiger partial charge in [0.2, 0.25) is 0 Å². The van der Waals surface area contributed by atoms with Crippen molar-refractivity contribution in [2.75, 3.05) is 6.54 Å². The Morgan fingerprint density at radius 3 is 2.80 bits per heavy atom. The van der Waals surface area contributed by atoms with Gasteiger partial charge in [-0.25, -0.2) is 4.39 Å².